The van der Waals surface area contributed by atoms with E-state index in [1.165, 1.54) is 0 Å². The van der Waals surface area contributed by atoms with E-state index in [4.69, 9.17) is 9.68 Å². The number of halogens is 1. The Bertz CT molecular complexity index is 629. The minimum absolute atomic E-state index is 0.263. The van der Waals surface area contributed by atoms with Crippen LogP contribution >= 0.6 is 15.9 Å². The molecule has 0 bridgehead atoms. The van der Waals surface area contributed by atoms with Gasteiger partial charge in [-0.2, -0.15) is 5.26 Å². The van der Waals surface area contributed by atoms with Crippen molar-refractivity contribution < 1.29 is 4.42 Å². The lowest BCUT2D eigenvalue weighted by Crippen LogP contribution is -2.30. The van der Waals surface area contributed by atoms with Crippen LogP contribution in [0.1, 0.15) is 12.7 Å². The summed E-state index contributed by atoms with van der Waals surface area (Å²) in [4.78, 5) is 6.43. The molecule has 19 heavy (non-hydrogen) atoms. The molecule has 2 rings (SSSR count). The van der Waals surface area contributed by atoms with Gasteiger partial charge in [0.25, 0.3) is 0 Å². The van der Waals surface area contributed by atoms with Crippen molar-refractivity contribution in [1.29, 1.82) is 5.26 Å². The number of anilines is 1. The minimum Gasteiger partial charge on any atom is -0.444 e. The van der Waals surface area contributed by atoms with Gasteiger partial charge >= 0.3 is 0 Å². The molecule has 1 atom stereocenters. The molecule has 0 fully saturated rings. The summed E-state index contributed by atoms with van der Waals surface area (Å²) < 4.78 is 6.15. The highest BCUT2D eigenvalue weighted by Crippen LogP contribution is 2.31. The third-order valence-corrected chi connectivity index (χ3v) is 3.45. The highest BCUT2D eigenvalue weighted by atomic mass is 79.9. The van der Waals surface area contributed by atoms with Gasteiger partial charge in [-0.05, 0) is 36.9 Å². The van der Waals surface area contributed by atoms with Crippen molar-refractivity contribution in [2.24, 2.45) is 0 Å². The van der Waals surface area contributed by atoms with Gasteiger partial charge in [0.05, 0.1) is 10.7 Å². The molecule has 0 spiro atoms. The Kier molecular flexibility index (Phi) is 4.08. The Labute approximate surface area is 120 Å². The number of nitrogens with one attached hydrogen (secondary N) is 1. The van der Waals surface area contributed by atoms with E-state index < -0.39 is 0 Å². The fourth-order valence-corrected chi connectivity index (χ4v) is 2.49. The molecule has 0 radical (unpaired) electrons. The quantitative estimate of drug-likeness (QED) is 0.937. The number of nitrogens with zero attached hydrogens (tertiary/aromatic N) is 3. The molecule has 0 unspecified atom stereocenters. The van der Waals surface area contributed by atoms with Crippen LogP contribution in [0, 0.1) is 11.3 Å². The summed E-state index contributed by atoms with van der Waals surface area (Å²) in [7, 11) is 4.05. The summed E-state index contributed by atoms with van der Waals surface area (Å²) in [6.07, 6.45) is 1.63. The van der Waals surface area contributed by atoms with Crippen LogP contribution in [-0.4, -0.2) is 36.6 Å². The minimum atomic E-state index is 0.263. The zero-order valence-electron chi connectivity index (χ0n) is 11.1. The normalized spacial score (nSPS) is 12.6. The predicted octanol–water partition coefficient (Wildman–Crippen LogP) is 2.82. The number of likely N-dealkylation sites (N-methyl/N-ethyl adjacent to an activating group) is 1. The van der Waals surface area contributed by atoms with Gasteiger partial charge in [0, 0.05) is 24.0 Å². The van der Waals surface area contributed by atoms with Crippen molar-refractivity contribution in [2.75, 3.05) is 26.0 Å². The van der Waals surface area contributed by atoms with Crippen molar-refractivity contribution in [1.82, 2.24) is 9.88 Å². The molecule has 6 heteroatoms. The molecule has 5 nitrogen and oxygen atoms in total. The largest absolute Gasteiger partial charge is 0.444 e. The monoisotopic (exact) mass is 322 g/mol. The van der Waals surface area contributed by atoms with E-state index in [0.717, 1.165) is 22.2 Å². The number of fused-ring (bicyclic) bond motifs is 1. The first kappa shape index (κ1) is 13.8. The SMILES string of the molecule is C[C@H](CN(C)C)Nc1ncc2oc(C#N)cc2c1Br. The summed E-state index contributed by atoms with van der Waals surface area (Å²) in [5, 5.41) is 13.0. The lowest BCUT2D eigenvalue weighted by molar-refractivity contribution is 0.392. The van der Waals surface area contributed by atoms with E-state index in [9.17, 15) is 0 Å². The first-order chi connectivity index (χ1) is 9.01. The zero-order chi connectivity index (χ0) is 14.0. The Hall–Kier alpha value is -1.58. The maximum Gasteiger partial charge on any atom is 0.204 e. The lowest BCUT2D eigenvalue weighted by atomic mass is 10.2. The average Bonchev–Trinajstić information content (AvgIpc) is 2.76. The number of aromatic nitrogens is 1. The van der Waals surface area contributed by atoms with Crippen LogP contribution in [-0.2, 0) is 0 Å². The molecule has 0 aromatic carbocycles. The van der Waals surface area contributed by atoms with Crippen LogP contribution < -0.4 is 5.32 Å². The first-order valence-corrected chi connectivity index (χ1v) is 6.70. The van der Waals surface area contributed by atoms with Crippen LogP contribution in [0.25, 0.3) is 11.0 Å². The number of nitriles is 1. The molecular weight excluding hydrogens is 308 g/mol. The van der Waals surface area contributed by atoms with Crippen LogP contribution in [0.2, 0.25) is 0 Å². The number of pyridine rings is 1. The second kappa shape index (κ2) is 5.59. The zero-order valence-corrected chi connectivity index (χ0v) is 12.7. The van der Waals surface area contributed by atoms with Crippen molar-refractivity contribution in [3.05, 3.63) is 22.5 Å². The molecule has 0 aliphatic rings. The highest BCUT2D eigenvalue weighted by molar-refractivity contribution is 9.10. The summed E-state index contributed by atoms with van der Waals surface area (Å²) in [6, 6.07) is 3.96. The molecule has 0 saturated carbocycles. The fourth-order valence-electron chi connectivity index (χ4n) is 1.96. The number of rotatable bonds is 4. The molecule has 0 aliphatic heterocycles. The van der Waals surface area contributed by atoms with Gasteiger partial charge in [0.2, 0.25) is 5.76 Å². The maximum absolute atomic E-state index is 8.84. The van der Waals surface area contributed by atoms with Crippen LogP contribution in [0.15, 0.2) is 21.2 Å². The summed E-state index contributed by atoms with van der Waals surface area (Å²) in [6.45, 7) is 3.00. The summed E-state index contributed by atoms with van der Waals surface area (Å²) in [5.74, 6) is 1.04. The third kappa shape index (κ3) is 3.06. The molecule has 0 saturated heterocycles. The Morgan fingerprint density at radius 1 is 1.58 bits per heavy atom. The van der Waals surface area contributed by atoms with Crippen molar-refractivity contribution in [2.45, 2.75) is 13.0 Å². The second-order valence-corrected chi connectivity index (χ2v) is 5.52. The molecule has 2 aromatic rings. The van der Waals surface area contributed by atoms with Gasteiger partial charge in [-0.3, -0.25) is 0 Å². The van der Waals surface area contributed by atoms with E-state index in [-0.39, 0.29) is 11.8 Å². The topological polar surface area (TPSA) is 65.1 Å². The Morgan fingerprint density at radius 2 is 2.32 bits per heavy atom. The van der Waals surface area contributed by atoms with Crippen molar-refractivity contribution in [3.63, 3.8) is 0 Å². The average molecular weight is 323 g/mol. The first-order valence-electron chi connectivity index (χ1n) is 5.90. The second-order valence-electron chi connectivity index (χ2n) is 4.73. The third-order valence-electron chi connectivity index (χ3n) is 2.65. The molecule has 2 heterocycles. The van der Waals surface area contributed by atoms with E-state index in [1.807, 2.05) is 20.2 Å². The van der Waals surface area contributed by atoms with Gasteiger partial charge in [0.15, 0.2) is 5.58 Å². The van der Waals surface area contributed by atoms with E-state index in [0.29, 0.717) is 5.58 Å². The molecule has 100 valence electrons. The van der Waals surface area contributed by atoms with Gasteiger partial charge in [-0.1, -0.05) is 0 Å². The number of furan rings is 1. The Balaban J connectivity index is 2.30. The van der Waals surface area contributed by atoms with E-state index >= 15 is 0 Å². The maximum atomic E-state index is 8.84. The van der Waals surface area contributed by atoms with Crippen molar-refractivity contribution >= 4 is 32.7 Å². The number of hydrogen-bond donors (Lipinski definition) is 1. The van der Waals surface area contributed by atoms with Crippen molar-refractivity contribution in [3.8, 4) is 6.07 Å². The molecule has 0 amide bonds. The fraction of sp³-hybridized carbons (Fsp3) is 0.385. The predicted molar refractivity (Wildman–Crippen MR) is 78.1 cm³/mol. The van der Waals surface area contributed by atoms with Gasteiger partial charge in [-0.15, -0.1) is 0 Å². The van der Waals surface area contributed by atoms with E-state index in [2.05, 4.69) is 38.1 Å². The van der Waals surface area contributed by atoms with Crippen LogP contribution in [0.4, 0.5) is 5.82 Å². The van der Waals surface area contributed by atoms with Gasteiger partial charge in [0.1, 0.15) is 11.9 Å². The molecule has 0 aliphatic carbocycles. The smallest absolute Gasteiger partial charge is 0.204 e. The molecular formula is C13H15BrN4O. The van der Waals surface area contributed by atoms with Gasteiger partial charge < -0.3 is 14.6 Å². The van der Waals surface area contributed by atoms with Crippen LogP contribution in [0.5, 0.6) is 0 Å². The summed E-state index contributed by atoms with van der Waals surface area (Å²) in [5.41, 5.74) is 0.606. The van der Waals surface area contributed by atoms with E-state index in [1.54, 1.807) is 12.3 Å². The highest BCUT2D eigenvalue weighted by Gasteiger charge is 2.13. The standard InChI is InChI=1S/C13H15BrN4O/c1-8(7-18(2)3)17-13-12(14)10-4-9(5-15)19-11(10)6-16-13/h4,6,8H,7H2,1-3H3,(H,16,17)/t8-/m1/s1. The molecule has 1 N–H and O–H groups in total. The van der Waals surface area contributed by atoms with Gasteiger partial charge in [-0.25, -0.2) is 4.98 Å². The summed E-state index contributed by atoms with van der Waals surface area (Å²) >= 11 is 3.51. The Morgan fingerprint density at radius 3 is 2.95 bits per heavy atom. The lowest BCUT2D eigenvalue weighted by Gasteiger charge is -2.19. The number of hydrogen-bond acceptors (Lipinski definition) is 5. The van der Waals surface area contributed by atoms with Crippen LogP contribution in [0.3, 0.4) is 0 Å². The molecule has 2 aromatic heterocycles.